The molecule has 1 rings (SSSR count). The minimum atomic E-state index is -0.220. The third-order valence-electron chi connectivity index (χ3n) is 1.98. The second-order valence-electron chi connectivity index (χ2n) is 3.36. The second-order valence-corrected chi connectivity index (χ2v) is 3.36. The Morgan fingerprint density at radius 1 is 1.50 bits per heavy atom. The maximum Gasteiger partial charge on any atom is 0.338 e. The van der Waals surface area contributed by atoms with E-state index in [4.69, 9.17) is 4.74 Å². The third-order valence-corrected chi connectivity index (χ3v) is 1.98. The van der Waals surface area contributed by atoms with Gasteiger partial charge in [0, 0.05) is 0 Å². The van der Waals surface area contributed by atoms with Gasteiger partial charge in [0.05, 0.1) is 12.2 Å². The molecule has 0 aromatic heterocycles. The molecular weight excluding hydrogens is 175 g/mol. The molecule has 1 aromatic carbocycles. The lowest BCUT2D eigenvalue weighted by Crippen LogP contribution is -2.10. The fourth-order valence-corrected chi connectivity index (χ4v) is 1.16. The number of carbonyl (C=O) groups excluding carboxylic acids is 1. The average Bonchev–Trinajstić information content (AvgIpc) is 2.18. The smallest absolute Gasteiger partial charge is 0.338 e. The van der Waals surface area contributed by atoms with E-state index in [0.717, 1.165) is 18.3 Å². The Bertz CT molecular complexity index is 310. The summed E-state index contributed by atoms with van der Waals surface area (Å²) in [4.78, 5) is 11.4. The van der Waals surface area contributed by atoms with Crippen molar-refractivity contribution in [1.29, 1.82) is 0 Å². The van der Waals surface area contributed by atoms with Gasteiger partial charge in [-0.2, -0.15) is 0 Å². The maximum atomic E-state index is 11.4. The first-order valence-electron chi connectivity index (χ1n) is 4.98. The van der Waals surface area contributed by atoms with Gasteiger partial charge in [-0.25, -0.2) is 4.79 Å². The zero-order valence-electron chi connectivity index (χ0n) is 8.75. The molecule has 0 radical (unpaired) electrons. The van der Waals surface area contributed by atoms with Crippen LogP contribution in [0.1, 0.15) is 30.1 Å². The normalized spacial score (nSPS) is 9.79. The second kappa shape index (κ2) is 5.48. The first-order valence-corrected chi connectivity index (χ1v) is 4.98. The Hall–Kier alpha value is -1.25. The Morgan fingerprint density at radius 3 is 2.93 bits per heavy atom. The van der Waals surface area contributed by atoms with E-state index >= 15 is 0 Å². The molecule has 74 valence electrons. The van der Waals surface area contributed by atoms with Gasteiger partial charge in [-0.1, -0.05) is 37.0 Å². The molecule has 14 heavy (non-hydrogen) atoms. The van der Waals surface area contributed by atoms with Gasteiger partial charge >= 0.3 is 5.97 Å². The highest BCUT2D eigenvalue weighted by atomic mass is 16.5. The first-order chi connectivity index (χ1) is 6.74. The molecule has 0 unspecified atom stereocenters. The first kappa shape index (κ1) is 10.8. The summed E-state index contributed by atoms with van der Waals surface area (Å²) >= 11 is 0. The Balaban J connectivity index is 2.52. The van der Waals surface area contributed by atoms with E-state index in [-0.39, 0.29) is 5.97 Å². The number of benzene rings is 1. The molecule has 0 fully saturated rings. The summed E-state index contributed by atoms with van der Waals surface area (Å²) in [5.74, 6) is -0.220. The minimum absolute atomic E-state index is 0.220. The van der Waals surface area contributed by atoms with Crippen molar-refractivity contribution in [2.45, 2.75) is 19.8 Å². The molecule has 1 aromatic rings. The number of ether oxygens (including phenoxy) is 1. The molecule has 0 atom stereocenters. The van der Waals surface area contributed by atoms with E-state index in [2.05, 4.69) is 6.92 Å². The van der Waals surface area contributed by atoms with Crippen molar-refractivity contribution in [2.24, 2.45) is 0 Å². The molecule has 0 heterocycles. The highest BCUT2D eigenvalue weighted by Gasteiger charge is 2.05. The number of hydrogen-bond acceptors (Lipinski definition) is 2. The van der Waals surface area contributed by atoms with E-state index in [0.29, 0.717) is 12.2 Å². The van der Waals surface area contributed by atoms with Gasteiger partial charge in [-0.15, -0.1) is 0 Å². The average molecular weight is 190 g/mol. The molecule has 0 saturated heterocycles. The van der Waals surface area contributed by atoms with Gasteiger partial charge in [-0.3, -0.25) is 0 Å². The van der Waals surface area contributed by atoms with Crippen LogP contribution in [0.15, 0.2) is 24.3 Å². The van der Waals surface area contributed by atoms with Crippen LogP contribution in [0.25, 0.3) is 0 Å². The summed E-state index contributed by atoms with van der Waals surface area (Å²) in [6, 6.07) is 7.45. The fraction of sp³-hybridized carbons (Fsp3) is 0.364. The largest absolute Gasteiger partial charge is 0.462 e. The van der Waals surface area contributed by atoms with Gasteiger partial charge in [-0.05, 0) is 12.5 Å². The summed E-state index contributed by atoms with van der Waals surface area (Å²) < 4.78 is 5.08. The van der Waals surface area contributed by atoms with E-state index < -0.39 is 0 Å². The van der Waals surface area contributed by atoms with Crippen molar-refractivity contribution in [2.75, 3.05) is 6.61 Å². The van der Waals surface area contributed by atoms with Crippen molar-refractivity contribution >= 4 is 19.3 Å². The molecule has 0 amide bonds. The maximum absolute atomic E-state index is 11.4. The Morgan fingerprint density at radius 2 is 2.29 bits per heavy atom. The Kier molecular flexibility index (Phi) is 4.24. The quantitative estimate of drug-likeness (QED) is 0.400. The molecular formula is C11H15BO2. The molecule has 0 spiro atoms. The lowest BCUT2D eigenvalue weighted by atomic mass is 9.94. The van der Waals surface area contributed by atoms with Crippen LogP contribution in [0.3, 0.4) is 0 Å². The van der Waals surface area contributed by atoms with Crippen molar-refractivity contribution in [3.63, 3.8) is 0 Å². The number of carbonyl (C=O) groups is 1. The zero-order chi connectivity index (χ0) is 10.4. The van der Waals surface area contributed by atoms with E-state index in [1.165, 1.54) is 0 Å². The standard InChI is InChI=1S/C11H15BO2/c1-2-3-7-14-11(13)9-5-4-6-10(12)8-9/h4-6,8H,2-3,7,12H2,1H3. The molecule has 0 aliphatic heterocycles. The van der Waals surface area contributed by atoms with Gasteiger partial charge in [0.25, 0.3) is 0 Å². The van der Waals surface area contributed by atoms with Crippen LogP contribution in [-0.2, 0) is 4.74 Å². The van der Waals surface area contributed by atoms with Crippen molar-refractivity contribution in [1.82, 2.24) is 0 Å². The molecule has 0 aliphatic rings. The van der Waals surface area contributed by atoms with Crippen molar-refractivity contribution in [3.05, 3.63) is 29.8 Å². The Labute approximate surface area is 85.7 Å². The molecule has 0 N–H and O–H groups in total. The van der Waals surface area contributed by atoms with Gasteiger partial charge in [0.2, 0.25) is 0 Å². The predicted molar refractivity (Wildman–Crippen MR) is 59.8 cm³/mol. The summed E-state index contributed by atoms with van der Waals surface area (Å²) in [7, 11) is 1.96. The van der Waals surface area contributed by atoms with Crippen LogP contribution in [-0.4, -0.2) is 20.4 Å². The topological polar surface area (TPSA) is 26.3 Å². The molecule has 3 heteroatoms. The number of esters is 1. The summed E-state index contributed by atoms with van der Waals surface area (Å²) in [6.07, 6.45) is 1.97. The number of unbranched alkanes of at least 4 members (excludes halogenated alkanes) is 1. The highest BCUT2D eigenvalue weighted by Crippen LogP contribution is 2.00. The molecule has 0 bridgehead atoms. The predicted octanol–water partition coefficient (Wildman–Crippen LogP) is 0.902. The van der Waals surface area contributed by atoms with Crippen LogP contribution >= 0.6 is 0 Å². The molecule has 0 saturated carbocycles. The fourth-order valence-electron chi connectivity index (χ4n) is 1.16. The minimum Gasteiger partial charge on any atom is -0.462 e. The number of hydrogen-bond donors (Lipinski definition) is 0. The SMILES string of the molecule is Bc1cccc(C(=O)OCCCC)c1. The number of rotatable bonds is 4. The highest BCUT2D eigenvalue weighted by molar-refractivity contribution is 6.32. The summed E-state index contributed by atoms with van der Waals surface area (Å²) in [5, 5.41) is 0. The van der Waals surface area contributed by atoms with Crippen LogP contribution in [0.4, 0.5) is 0 Å². The van der Waals surface area contributed by atoms with E-state index in [9.17, 15) is 4.79 Å². The van der Waals surface area contributed by atoms with E-state index in [1.807, 2.05) is 26.0 Å². The van der Waals surface area contributed by atoms with E-state index in [1.54, 1.807) is 6.07 Å². The van der Waals surface area contributed by atoms with Crippen molar-refractivity contribution < 1.29 is 9.53 Å². The van der Waals surface area contributed by atoms with Gasteiger partial charge in [0.15, 0.2) is 0 Å². The van der Waals surface area contributed by atoms with Crippen LogP contribution in [0.5, 0.6) is 0 Å². The van der Waals surface area contributed by atoms with Crippen molar-refractivity contribution in [3.8, 4) is 0 Å². The molecule has 0 aliphatic carbocycles. The lowest BCUT2D eigenvalue weighted by molar-refractivity contribution is 0.0500. The van der Waals surface area contributed by atoms with Crippen LogP contribution < -0.4 is 5.46 Å². The monoisotopic (exact) mass is 190 g/mol. The lowest BCUT2D eigenvalue weighted by Gasteiger charge is -2.03. The third kappa shape index (κ3) is 3.25. The van der Waals surface area contributed by atoms with Crippen LogP contribution in [0.2, 0.25) is 0 Å². The van der Waals surface area contributed by atoms with Crippen LogP contribution in [0, 0.1) is 0 Å². The summed E-state index contributed by atoms with van der Waals surface area (Å²) in [6.45, 7) is 2.59. The summed E-state index contributed by atoms with van der Waals surface area (Å²) in [5.41, 5.74) is 1.72. The molecule has 2 nitrogen and oxygen atoms in total. The van der Waals surface area contributed by atoms with Gasteiger partial charge < -0.3 is 4.74 Å². The van der Waals surface area contributed by atoms with Gasteiger partial charge in [0.1, 0.15) is 7.85 Å². The zero-order valence-corrected chi connectivity index (χ0v) is 8.75.